The number of hydrogen-bond acceptors (Lipinski definition) is 4. The number of rotatable bonds is 7. The molecule has 19 heavy (non-hydrogen) atoms. The van der Waals surface area contributed by atoms with Gasteiger partial charge in [0.15, 0.2) is 0 Å². The van der Waals surface area contributed by atoms with Crippen LogP contribution in [0.15, 0.2) is 17.5 Å². The van der Waals surface area contributed by atoms with E-state index in [0.29, 0.717) is 13.0 Å². The molecule has 2 unspecified atom stereocenters. The molecule has 0 saturated carbocycles. The molecule has 0 aromatic carbocycles. The van der Waals surface area contributed by atoms with Crippen LogP contribution >= 0.6 is 11.3 Å². The van der Waals surface area contributed by atoms with Crippen molar-refractivity contribution in [1.29, 1.82) is 0 Å². The Balaban J connectivity index is 2.61. The number of carbonyl (C=O) groups is 1. The van der Waals surface area contributed by atoms with Gasteiger partial charge in [0, 0.05) is 11.4 Å². The average Bonchev–Trinajstić information content (AvgIpc) is 2.82. The topological polar surface area (TPSA) is 58.4 Å². The van der Waals surface area contributed by atoms with Crippen molar-refractivity contribution in [3.05, 3.63) is 22.4 Å². The molecule has 1 aromatic rings. The fraction of sp³-hybridized carbons (Fsp3) is 0.643. The lowest BCUT2D eigenvalue weighted by Gasteiger charge is -2.27. The van der Waals surface area contributed by atoms with Crippen molar-refractivity contribution in [1.82, 2.24) is 10.2 Å². The highest BCUT2D eigenvalue weighted by Gasteiger charge is 2.28. The summed E-state index contributed by atoms with van der Waals surface area (Å²) in [6.07, 6.45) is 1.60. The zero-order chi connectivity index (χ0) is 14.5. The highest BCUT2D eigenvalue weighted by molar-refractivity contribution is 7.10. The van der Waals surface area contributed by atoms with E-state index in [-0.39, 0.29) is 11.9 Å². The number of thiophene rings is 1. The van der Waals surface area contributed by atoms with Crippen molar-refractivity contribution < 1.29 is 4.79 Å². The van der Waals surface area contributed by atoms with Crippen LogP contribution in [0, 0.1) is 0 Å². The number of amides is 1. The van der Waals surface area contributed by atoms with E-state index in [4.69, 9.17) is 5.73 Å². The van der Waals surface area contributed by atoms with Gasteiger partial charge < -0.3 is 16.0 Å². The van der Waals surface area contributed by atoms with Crippen LogP contribution in [0.3, 0.4) is 0 Å². The molecule has 4 nitrogen and oxygen atoms in total. The van der Waals surface area contributed by atoms with Gasteiger partial charge in [-0.05, 0) is 38.9 Å². The van der Waals surface area contributed by atoms with E-state index >= 15 is 0 Å². The van der Waals surface area contributed by atoms with Gasteiger partial charge in [-0.25, -0.2) is 0 Å². The summed E-state index contributed by atoms with van der Waals surface area (Å²) in [7, 11) is 4.04. The standard InChI is InChI=1S/C14H25N3OS/c1-5-8-14(2,15)13(18)16-10-11(17(3)4)12-7-6-9-19-12/h6-7,9,11H,5,8,10,15H2,1-4H3,(H,16,18). The zero-order valence-corrected chi connectivity index (χ0v) is 13.1. The Kier molecular flexibility index (Phi) is 5.97. The normalized spacial score (nSPS) is 16.1. The quantitative estimate of drug-likeness (QED) is 0.804. The Labute approximate surface area is 120 Å². The summed E-state index contributed by atoms with van der Waals surface area (Å²) in [6, 6.07) is 4.32. The molecule has 1 aromatic heterocycles. The van der Waals surface area contributed by atoms with Crippen LogP contribution in [0.25, 0.3) is 0 Å². The predicted octanol–water partition coefficient (Wildman–Crippen LogP) is 1.98. The van der Waals surface area contributed by atoms with Crippen molar-refractivity contribution in [3.63, 3.8) is 0 Å². The van der Waals surface area contributed by atoms with Crippen LogP contribution in [-0.2, 0) is 4.79 Å². The number of carbonyl (C=O) groups excluding carboxylic acids is 1. The molecule has 3 N–H and O–H groups in total. The van der Waals surface area contributed by atoms with Crippen LogP contribution in [0.4, 0.5) is 0 Å². The molecule has 0 saturated heterocycles. The van der Waals surface area contributed by atoms with Crippen molar-refractivity contribution in [2.75, 3.05) is 20.6 Å². The second-order valence-electron chi connectivity index (χ2n) is 5.37. The van der Waals surface area contributed by atoms with Gasteiger partial charge in [0.25, 0.3) is 0 Å². The summed E-state index contributed by atoms with van der Waals surface area (Å²) < 4.78 is 0. The van der Waals surface area contributed by atoms with E-state index in [2.05, 4.69) is 21.7 Å². The molecule has 1 amide bonds. The summed E-state index contributed by atoms with van der Waals surface area (Å²) in [5.74, 6) is -0.0715. The third-order valence-electron chi connectivity index (χ3n) is 3.24. The first-order valence-electron chi connectivity index (χ1n) is 6.65. The van der Waals surface area contributed by atoms with Crippen molar-refractivity contribution in [3.8, 4) is 0 Å². The second-order valence-corrected chi connectivity index (χ2v) is 6.35. The number of nitrogens with two attached hydrogens (primary N) is 1. The number of hydrogen-bond donors (Lipinski definition) is 2. The third-order valence-corrected chi connectivity index (χ3v) is 4.21. The number of nitrogens with one attached hydrogen (secondary N) is 1. The molecule has 0 spiro atoms. The van der Waals surface area contributed by atoms with Gasteiger partial charge in [-0.2, -0.15) is 0 Å². The predicted molar refractivity (Wildman–Crippen MR) is 81.3 cm³/mol. The highest BCUT2D eigenvalue weighted by atomic mass is 32.1. The molecule has 0 aliphatic heterocycles. The molecule has 5 heteroatoms. The molecule has 0 aliphatic carbocycles. The van der Waals surface area contributed by atoms with Gasteiger partial charge in [-0.3, -0.25) is 4.79 Å². The maximum atomic E-state index is 12.1. The molecule has 1 heterocycles. The number of nitrogens with zero attached hydrogens (tertiary/aromatic N) is 1. The molecule has 108 valence electrons. The summed E-state index contributed by atoms with van der Waals surface area (Å²) in [5.41, 5.74) is 5.25. The lowest BCUT2D eigenvalue weighted by atomic mass is 9.96. The van der Waals surface area contributed by atoms with E-state index in [1.54, 1.807) is 18.3 Å². The maximum Gasteiger partial charge on any atom is 0.239 e. The lowest BCUT2D eigenvalue weighted by molar-refractivity contribution is -0.126. The summed E-state index contributed by atoms with van der Waals surface area (Å²) in [6.45, 7) is 4.41. The molecular formula is C14H25N3OS. The second kappa shape index (κ2) is 7.03. The van der Waals surface area contributed by atoms with Gasteiger partial charge in [-0.1, -0.05) is 19.4 Å². The number of likely N-dealkylation sites (N-methyl/N-ethyl adjacent to an activating group) is 1. The Morgan fingerprint density at radius 2 is 2.26 bits per heavy atom. The van der Waals surface area contributed by atoms with Crippen molar-refractivity contribution >= 4 is 17.2 Å². The molecule has 0 radical (unpaired) electrons. The first-order chi connectivity index (χ1) is 8.88. The first-order valence-corrected chi connectivity index (χ1v) is 7.53. The fourth-order valence-corrected chi connectivity index (χ4v) is 2.97. The summed E-state index contributed by atoms with van der Waals surface area (Å²) >= 11 is 1.70. The molecule has 0 fully saturated rings. The first kappa shape index (κ1) is 16.1. The third kappa shape index (κ3) is 4.60. The minimum Gasteiger partial charge on any atom is -0.353 e. The largest absolute Gasteiger partial charge is 0.353 e. The lowest BCUT2D eigenvalue weighted by Crippen LogP contribution is -2.52. The summed E-state index contributed by atoms with van der Waals surface area (Å²) in [5, 5.41) is 5.03. The van der Waals surface area contributed by atoms with Crippen LogP contribution in [0.5, 0.6) is 0 Å². The van der Waals surface area contributed by atoms with Gasteiger partial charge >= 0.3 is 0 Å². The van der Waals surface area contributed by atoms with Crippen molar-refractivity contribution in [2.45, 2.75) is 38.3 Å². The zero-order valence-electron chi connectivity index (χ0n) is 12.3. The Bertz CT molecular complexity index is 387. The molecule has 2 atom stereocenters. The molecular weight excluding hydrogens is 258 g/mol. The van der Waals surface area contributed by atoms with Crippen LogP contribution in [-0.4, -0.2) is 37.0 Å². The van der Waals surface area contributed by atoms with E-state index in [0.717, 1.165) is 6.42 Å². The highest BCUT2D eigenvalue weighted by Crippen LogP contribution is 2.22. The van der Waals surface area contributed by atoms with Gasteiger partial charge in [0.2, 0.25) is 5.91 Å². The average molecular weight is 283 g/mol. The Morgan fingerprint density at radius 1 is 1.58 bits per heavy atom. The monoisotopic (exact) mass is 283 g/mol. The maximum absolute atomic E-state index is 12.1. The van der Waals surface area contributed by atoms with Crippen LogP contribution < -0.4 is 11.1 Å². The van der Waals surface area contributed by atoms with Gasteiger partial charge in [0.1, 0.15) is 0 Å². The Hall–Kier alpha value is -0.910. The van der Waals surface area contributed by atoms with E-state index in [9.17, 15) is 4.79 Å². The SMILES string of the molecule is CCCC(C)(N)C(=O)NCC(c1cccs1)N(C)C. The Morgan fingerprint density at radius 3 is 2.74 bits per heavy atom. The molecule has 1 rings (SSSR count). The van der Waals surface area contributed by atoms with E-state index < -0.39 is 5.54 Å². The minimum absolute atomic E-state index is 0.0715. The van der Waals surface area contributed by atoms with E-state index in [1.807, 2.05) is 27.1 Å². The summed E-state index contributed by atoms with van der Waals surface area (Å²) in [4.78, 5) is 15.5. The van der Waals surface area contributed by atoms with Gasteiger partial charge in [-0.15, -0.1) is 11.3 Å². The molecule has 0 aliphatic rings. The van der Waals surface area contributed by atoms with Crippen LogP contribution in [0.1, 0.15) is 37.6 Å². The van der Waals surface area contributed by atoms with Gasteiger partial charge in [0.05, 0.1) is 11.6 Å². The fourth-order valence-electron chi connectivity index (χ4n) is 2.04. The minimum atomic E-state index is -0.777. The smallest absolute Gasteiger partial charge is 0.239 e. The van der Waals surface area contributed by atoms with Crippen LogP contribution in [0.2, 0.25) is 0 Å². The van der Waals surface area contributed by atoms with Crippen molar-refractivity contribution in [2.24, 2.45) is 5.73 Å². The van der Waals surface area contributed by atoms with E-state index in [1.165, 1.54) is 4.88 Å². The molecule has 0 bridgehead atoms.